The second-order valence-corrected chi connectivity index (χ2v) is 8.91. The average Bonchev–Trinajstić information content (AvgIpc) is 2.83. The van der Waals surface area contributed by atoms with E-state index in [-0.39, 0.29) is 33.5 Å². The van der Waals surface area contributed by atoms with Crippen LogP contribution in [-0.4, -0.2) is 76.4 Å². The van der Waals surface area contributed by atoms with Gasteiger partial charge in [-0.15, -0.1) is 0 Å². The summed E-state index contributed by atoms with van der Waals surface area (Å²) in [5, 5.41) is 20.2. The molecular formula is C24H22ClF2N5O3. The summed E-state index contributed by atoms with van der Waals surface area (Å²) < 4.78 is 30.6. The lowest BCUT2D eigenvalue weighted by Gasteiger charge is -2.38. The number of phenols is 1. The van der Waals surface area contributed by atoms with Crippen molar-refractivity contribution in [2.24, 2.45) is 0 Å². The van der Waals surface area contributed by atoms with Crippen LogP contribution in [0.4, 0.5) is 20.5 Å². The lowest BCUT2D eigenvalue weighted by molar-refractivity contribution is -0.126. The van der Waals surface area contributed by atoms with Gasteiger partial charge in [0.15, 0.2) is 5.82 Å². The molecule has 2 N–H and O–H groups in total. The van der Waals surface area contributed by atoms with E-state index in [1.807, 2.05) is 4.90 Å². The van der Waals surface area contributed by atoms with E-state index in [4.69, 9.17) is 11.6 Å². The molecular weight excluding hydrogens is 480 g/mol. The van der Waals surface area contributed by atoms with Crippen molar-refractivity contribution in [1.29, 1.82) is 0 Å². The second-order valence-electron chi connectivity index (χ2n) is 8.50. The number of phenolic OH excluding ortho intramolecular Hbond substituents is 1. The summed E-state index contributed by atoms with van der Waals surface area (Å²) >= 11 is 6.44. The topological polar surface area (TPSA) is 93.0 Å². The predicted molar refractivity (Wildman–Crippen MR) is 129 cm³/mol. The van der Waals surface area contributed by atoms with Crippen LogP contribution in [0.5, 0.6) is 5.75 Å². The van der Waals surface area contributed by atoms with E-state index in [0.717, 1.165) is 6.07 Å². The summed E-state index contributed by atoms with van der Waals surface area (Å²) in [5.41, 5.74) is -0.733. The third-order valence-electron chi connectivity index (χ3n) is 6.30. The van der Waals surface area contributed by atoms with Gasteiger partial charge in [-0.25, -0.2) is 13.8 Å². The number of piperazine rings is 1. The highest BCUT2D eigenvalue weighted by molar-refractivity contribution is 6.34. The zero-order valence-corrected chi connectivity index (χ0v) is 19.3. The minimum atomic E-state index is -0.889. The number of carbonyl (C=O) groups is 1. The van der Waals surface area contributed by atoms with Gasteiger partial charge in [0.25, 0.3) is 0 Å². The van der Waals surface area contributed by atoms with Crippen LogP contribution in [0.25, 0.3) is 22.0 Å². The highest BCUT2D eigenvalue weighted by Crippen LogP contribution is 2.43. The maximum atomic E-state index is 16.0. The molecule has 0 bridgehead atoms. The number of aromatic nitrogens is 2. The molecule has 2 aliphatic heterocycles. The van der Waals surface area contributed by atoms with Crippen LogP contribution in [0.15, 0.2) is 36.9 Å². The van der Waals surface area contributed by atoms with Crippen molar-refractivity contribution in [3.05, 3.63) is 53.6 Å². The van der Waals surface area contributed by atoms with Gasteiger partial charge in [-0.3, -0.25) is 4.79 Å². The first kappa shape index (κ1) is 23.3. The van der Waals surface area contributed by atoms with Crippen LogP contribution < -0.4 is 9.80 Å². The number of hydrogen-bond donors (Lipinski definition) is 2. The Kier molecular flexibility index (Phi) is 5.94. The van der Waals surface area contributed by atoms with Gasteiger partial charge in [-0.1, -0.05) is 24.2 Å². The molecule has 2 saturated heterocycles. The summed E-state index contributed by atoms with van der Waals surface area (Å²) in [7, 11) is 0. The van der Waals surface area contributed by atoms with Crippen molar-refractivity contribution in [3.8, 4) is 16.9 Å². The number of hydrogen-bond acceptors (Lipinski definition) is 7. The molecule has 3 heterocycles. The maximum Gasteiger partial charge on any atom is 0.246 e. The van der Waals surface area contributed by atoms with Crippen molar-refractivity contribution in [1.82, 2.24) is 14.9 Å². The first-order valence-corrected chi connectivity index (χ1v) is 11.4. The number of aliphatic hydroxyl groups is 1. The van der Waals surface area contributed by atoms with Crippen molar-refractivity contribution < 1.29 is 23.8 Å². The molecule has 1 aromatic heterocycles. The molecule has 5 rings (SSSR count). The molecule has 0 radical (unpaired) electrons. The highest BCUT2D eigenvalue weighted by Gasteiger charge is 2.31. The van der Waals surface area contributed by atoms with Crippen LogP contribution in [0.2, 0.25) is 5.02 Å². The van der Waals surface area contributed by atoms with E-state index in [1.165, 1.54) is 24.3 Å². The van der Waals surface area contributed by atoms with Crippen LogP contribution in [-0.2, 0) is 4.79 Å². The largest absolute Gasteiger partial charge is 0.507 e. The van der Waals surface area contributed by atoms with Crippen molar-refractivity contribution >= 4 is 40.2 Å². The third kappa shape index (κ3) is 4.02. The number of β-amino-alcohol motifs (C(OH)–C–C–N with tert-alkyl or cyclic N) is 1. The average molecular weight is 502 g/mol. The lowest BCUT2D eigenvalue weighted by atomic mass is 10.0. The molecule has 0 saturated carbocycles. The van der Waals surface area contributed by atoms with Crippen molar-refractivity contribution in [2.75, 3.05) is 49.1 Å². The van der Waals surface area contributed by atoms with Gasteiger partial charge in [0, 0.05) is 50.2 Å². The Morgan fingerprint density at radius 1 is 1.11 bits per heavy atom. The number of aliphatic hydroxyl groups excluding tert-OH is 1. The Labute approximate surface area is 204 Å². The van der Waals surface area contributed by atoms with Crippen LogP contribution in [0, 0.1) is 11.6 Å². The molecule has 0 unspecified atom stereocenters. The van der Waals surface area contributed by atoms with Crippen molar-refractivity contribution in [2.45, 2.75) is 6.10 Å². The van der Waals surface area contributed by atoms with E-state index in [0.29, 0.717) is 50.5 Å². The second kappa shape index (κ2) is 8.94. The normalized spacial score (nSPS) is 16.5. The fraction of sp³-hybridized carbons (Fsp3) is 0.292. The summed E-state index contributed by atoms with van der Waals surface area (Å²) in [6, 6.07) is 5.13. The lowest BCUT2D eigenvalue weighted by Crippen LogP contribution is -2.52. The summed E-state index contributed by atoms with van der Waals surface area (Å²) in [5.74, 6) is -1.70. The quantitative estimate of drug-likeness (QED) is 0.531. The molecule has 0 aliphatic carbocycles. The van der Waals surface area contributed by atoms with Crippen LogP contribution in [0.1, 0.15) is 0 Å². The molecule has 2 aliphatic rings. The molecule has 1 amide bonds. The molecule has 0 spiro atoms. The number of rotatable bonds is 4. The molecule has 3 aromatic rings. The van der Waals surface area contributed by atoms with E-state index in [2.05, 4.69) is 16.5 Å². The van der Waals surface area contributed by atoms with E-state index in [9.17, 15) is 19.4 Å². The Hall–Kier alpha value is -3.50. The summed E-state index contributed by atoms with van der Waals surface area (Å²) in [4.78, 5) is 26.3. The number of benzene rings is 2. The number of carbonyl (C=O) groups excluding carboxylic acids is 1. The van der Waals surface area contributed by atoms with Gasteiger partial charge < -0.3 is 24.9 Å². The van der Waals surface area contributed by atoms with Crippen molar-refractivity contribution in [3.63, 3.8) is 0 Å². The number of fused-ring (bicyclic) bond motifs is 1. The monoisotopic (exact) mass is 501 g/mol. The Balaban J connectivity index is 1.66. The fourth-order valence-corrected chi connectivity index (χ4v) is 4.71. The van der Waals surface area contributed by atoms with Crippen LogP contribution in [0.3, 0.4) is 0 Å². The number of amides is 1. The molecule has 11 heteroatoms. The van der Waals surface area contributed by atoms with Crippen LogP contribution >= 0.6 is 11.6 Å². The van der Waals surface area contributed by atoms with Gasteiger partial charge in [0.1, 0.15) is 22.9 Å². The number of halogens is 3. The van der Waals surface area contributed by atoms with E-state index in [1.54, 1.807) is 9.80 Å². The van der Waals surface area contributed by atoms with Gasteiger partial charge in [-0.2, -0.15) is 4.98 Å². The number of nitrogens with zero attached hydrogens (tertiary/aromatic N) is 5. The molecule has 2 fully saturated rings. The Bertz CT molecular complexity index is 1320. The molecule has 8 nitrogen and oxygen atoms in total. The van der Waals surface area contributed by atoms with E-state index >= 15 is 4.39 Å². The van der Waals surface area contributed by atoms with Gasteiger partial charge in [-0.05, 0) is 24.3 Å². The fourth-order valence-electron chi connectivity index (χ4n) is 4.43. The number of aromatic hydroxyl groups is 1. The van der Waals surface area contributed by atoms with Gasteiger partial charge >= 0.3 is 0 Å². The first-order valence-electron chi connectivity index (χ1n) is 11.1. The zero-order chi connectivity index (χ0) is 24.9. The Morgan fingerprint density at radius 3 is 2.46 bits per heavy atom. The van der Waals surface area contributed by atoms with E-state index < -0.39 is 23.5 Å². The van der Waals surface area contributed by atoms with Gasteiger partial charge in [0.05, 0.1) is 16.7 Å². The zero-order valence-electron chi connectivity index (χ0n) is 18.6. The Morgan fingerprint density at radius 2 is 1.83 bits per heavy atom. The van der Waals surface area contributed by atoms with Gasteiger partial charge in [0.2, 0.25) is 11.9 Å². The molecule has 182 valence electrons. The SMILES string of the molecule is C=CC(=O)N1CCN(c2nc(N3CC(O)C3)nc3c(F)c(-c4c(O)cccc4F)c(Cl)cc23)CC1. The minimum Gasteiger partial charge on any atom is -0.507 e. The molecule has 35 heavy (non-hydrogen) atoms. The molecule has 2 aromatic carbocycles. The standard InChI is InChI=1S/C24H22ClF2N5O3/c1-2-18(35)30-6-8-31(9-7-30)23-14-10-15(25)19(20-16(26)4-3-5-17(20)34)21(27)22(14)28-24(29-23)32-11-13(33)12-32/h2-5,10,13,33-34H,1,6-9,11-12H2. The predicted octanol–water partition coefficient (Wildman–Crippen LogP) is 2.95. The third-order valence-corrected chi connectivity index (χ3v) is 6.60. The minimum absolute atomic E-state index is 0.0851. The maximum absolute atomic E-state index is 16.0. The first-order chi connectivity index (χ1) is 16.8. The highest BCUT2D eigenvalue weighted by atomic mass is 35.5. The molecule has 0 atom stereocenters. The smallest absolute Gasteiger partial charge is 0.246 e. The summed E-state index contributed by atoms with van der Waals surface area (Å²) in [6.45, 7) is 5.82. The number of anilines is 2. The summed E-state index contributed by atoms with van der Waals surface area (Å²) in [6.07, 6.45) is 0.727.